The normalized spacial score (nSPS) is 15.5. The maximum Gasteiger partial charge on any atom is 0.227 e. The van der Waals surface area contributed by atoms with Crippen LogP contribution in [0.5, 0.6) is 0 Å². The SMILES string of the molecule is c1ccc(-c2cc3c(c4c2oc2ncccc24)-c2c(ccc4ccccc24)C3(c2ccccc2)c2ccc3ccccc3c2)cc1. The first-order valence-electron chi connectivity index (χ1n) is 15.8. The highest BCUT2D eigenvalue weighted by atomic mass is 16.3. The van der Waals surface area contributed by atoms with Gasteiger partial charge in [0.05, 0.1) is 5.41 Å². The molecule has 1 aliphatic rings. The molecule has 9 aromatic rings. The van der Waals surface area contributed by atoms with Crippen molar-refractivity contribution in [2.45, 2.75) is 5.41 Å². The Labute approximate surface area is 266 Å². The zero-order valence-corrected chi connectivity index (χ0v) is 24.9. The largest absolute Gasteiger partial charge is 0.437 e. The van der Waals surface area contributed by atoms with Gasteiger partial charge >= 0.3 is 0 Å². The van der Waals surface area contributed by atoms with Crippen molar-refractivity contribution in [3.05, 3.63) is 186 Å². The van der Waals surface area contributed by atoms with Gasteiger partial charge in [-0.2, -0.15) is 0 Å². The third-order valence-electron chi connectivity index (χ3n) is 9.98. The Hall–Kier alpha value is -5.99. The second-order valence-corrected chi connectivity index (χ2v) is 12.3. The Morgan fingerprint density at radius 2 is 1.17 bits per heavy atom. The van der Waals surface area contributed by atoms with Crippen LogP contribution in [0.1, 0.15) is 22.3 Å². The third kappa shape index (κ3) is 3.33. The maximum atomic E-state index is 6.72. The molecule has 0 N–H and O–H groups in total. The summed E-state index contributed by atoms with van der Waals surface area (Å²) >= 11 is 0. The number of fused-ring (bicyclic) bond motifs is 10. The summed E-state index contributed by atoms with van der Waals surface area (Å²) in [7, 11) is 0. The molecule has 0 spiro atoms. The zero-order chi connectivity index (χ0) is 30.2. The van der Waals surface area contributed by atoms with E-state index in [0.717, 1.165) is 27.5 Å². The van der Waals surface area contributed by atoms with Crippen LogP contribution in [0.15, 0.2) is 168 Å². The minimum Gasteiger partial charge on any atom is -0.437 e. The average Bonchev–Trinajstić information content (AvgIpc) is 3.66. The van der Waals surface area contributed by atoms with Gasteiger partial charge in [0.2, 0.25) is 5.71 Å². The van der Waals surface area contributed by atoms with Gasteiger partial charge in [0.25, 0.3) is 0 Å². The molecular weight excluding hydrogens is 558 g/mol. The van der Waals surface area contributed by atoms with Crippen molar-refractivity contribution >= 4 is 43.6 Å². The first-order chi connectivity index (χ1) is 22.8. The quantitative estimate of drug-likeness (QED) is 0.206. The van der Waals surface area contributed by atoms with Gasteiger partial charge in [-0.3, -0.25) is 0 Å². The first-order valence-corrected chi connectivity index (χ1v) is 15.8. The van der Waals surface area contributed by atoms with Gasteiger partial charge in [-0.25, -0.2) is 4.98 Å². The molecule has 10 rings (SSSR count). The Morgan fingerprint density at radius 1 is 0.478 bits per heavy atom. The summed E-state index contributed by atoms with van der Waals surface area (Å²) in [5.74, 6) is 0. The van der Waals surface area contributed by atoms with Crippen molar-refractivity contribution in [1.29, 1.82) is 0 Å². The maximum absolute atomic E-state index is 6.72. The lowest BCUT2D eigenvalue weighted by Gasteiger charge is -2.34. The molecule has 0 aliphatic heterocycles. The molecular formula is C44H27NO. The molecule has 0 radical (unpaired) electrons. The number of pyridine rings is 1. The van der Waals surface area contributed by atoms with Gasteiger partial charge < -0.3 is 4.42 Å². The molecule has 214 valence electrons. The highest BCUT2D eigenvalue weighted by Crippen LogP contribution is 2.61. The van der Waals surface area contributed by atoms with Crippen molar-refractivity contribution in [3.8, 4) is 22.3 Å². The van der Waals surface area contributed by atoms with Crippen LogP contribution < -0.4 is 0 Å². The smallest absolute Gasteiger partial charge is 0.227 e. The summed E-state index contributed by atoms with van der Waals surface area (Å²) in [6.45, 7) is 0. The summed E-state index contributed by atoms with van der Waals surface area (Å²) in [5.41, 5.74) is 10.7. The summed E-state index contributed by atoms with van der Waals surface area (Å²) in [4.78, 5) is 4.72. The van der Waals surface area contributed by atoms with Crippen molar-refractivity contribution < 1.29 is 4.42 Å². The molecule has 0 fully saturated rings. The lowest BCUT2D eigenvalue weighted by molar-refractivity contribution is 0.655. The van der Waals surface area contributed by atoms with Gasteiger partial charge in [-0.15, -0.1) is 0 Å². The Bertz CT molecular complexity index is 2630. The minimum atomic E-state index is -0.580. The predicted octanol–water partition coefficient (Wildman–Crippen LogP) is 11.3. The first kappa shape index (κ1) is 25.3. The predicted molar refractivity (Wildman–Crippen MR) is 189 cm³/mol. The number of aromatic nitrogens is 1. The molecule has 2 nitrogen and oxygen atoms in total. The fourth-order valence-electron chi connectivity index (χ4n) is 8.07. The van der Waals surface area contributed by atoms with Crippen molar-refractivity contribution in [3.63, 3.8) is 0 Å². The summed E-state index contributed by atoms with van der Waals surface area (Å²) < 4.78 is 6.72. The van der Waals surface area contributed by atoms with Crippen molar-refractivity contribution in [1.82, 2.24) is 4.98 Å². The summed E-state index contributed by atoms with van der Waals surface area (Å²) in [6.07, 6.45) is 1.82. The van der Waals surface area contributed by atoms with E-state index in [4.69, 9.17) is 9.40 Å². The molecule has 0 saturated heterocycles. The fraction of sp³-hybridized carbons (Fsp3) is 0.0227. The van der Waals surface area contributed by atoms with Crippen LogP contribution in [-0.2, 0) is 5.41 Å². The number of hydrogen-bond donors (Lipinski definition) is 0. The number of benzene rings is 7. The second kappa shape index (κ2) is 9.50. The Morgan fingerprint density at radius 3 is 2.02 bits per heavy atom. The average molecular weight is 586 g/mol. The van der Waals surface area contributed by atoms with E-state index in [1.54, 1.807) is 0 Å². The van der Waals surface area contributed by atoms with E-state index in [-0.39, 0.29) is 0 Å². The van der Waals surface area contributed by atoms with Crippen LogP contribution in [0.3, 0.4) is 0 Å². The van der Waals surface area contributed by atoms with Crippen LogP contribution in [0.2, 0.25) is 0 Å². The number of furan rings is 1. The molecule has 0 amide bonds. The van der Waals surface area contributed by atoms with Gasteiger partial charge in [0, 0.05) is 22.5 Å². The van der Waals surface area contributed by atoms with Gasteiger partial charge in [0.1, 0.15) is 5.58 Å². The van der Waals surface area contributed by atoms with Crippen LogP contribution in [0.4, 0.5) is 0 Å². The van der Waals surface area contributed by atoms with Gasteiger partial charge in [-0.05, 0) is 84.8 Å². The molecule has 46 heavy (non-hydrogen) atoms. The molecule has 2 heteroatoms. The molecule has 0 bridgehead atoms. The minimum absolute atomic E-state index is 0.580. The van der Waals surface area contributed by atoms with Crippen LogP contribution in [0.25, 0.3) is 65.9 Å². The Kier molecular flexibility index (Phi) is 5.24. The topological polar surface area (TPSA) is 26.0 Å². The lowest BCUT2D eigenvalue weighted by Crippen LogP contribution is -2.28. The number of nitrogens with zero attached hydrogens (tertiary/aromatic N) is 1. The fourth-order valence-corrected chi connectivity index (χ4v) is 8.07. The number of rotatable bonds is 3. The Balaban J connectivity index is 1.49. The molecule has 1 atom stereocenters. The van der Waals surface area contributed by atoms with E-state index >= 15 is 0 Å². The molecule has 2 heterocycles. The molecule has 7 aromatic carbocycles. The lowest BCUT2D eigenvalue weighted by atomic mass is 9.67. The van der Waals surface area contributed by atoms with Crippen LogP contribution >= 0.6 is 0 Å². The standard InChI is InChI=1S/C44H27NO/c1-3-13-29(14-4-1)36-27-38-41(40-35-20-11-25-45-43(35)46-42(36)40)39-34-19-10-9-15-30(34)22-24-37(39)44(38,32-17-5-2-6-18-32)33-23-21-28-12-7-8-16-31(28)26-33/h1-27H. The highest BCUT2D eigenvalue weighted by Gasteiger charge is 2.48. The van der Waals surface area contributed by atoms with Crippen LogP contribution in [0, 0.1) is 0 Å². The molecule has 1 aliphatic carbocycles. The molecule has 0 saturated carbocycles. The van der Waals surface area contributed by atoms with E-state index in [1.807, 2.05) is 12.3 Å². The summed E-state index contributed by atoms with van der Waals surface area (Å²) in [6, 6.07) is 57.4. The summed E-state index contributed by atoms with van der Waals surface area (Å²) in [5, 5.41) is 7.09. The van der Waals surface area contributed by atoms with Gasteiger partial charge in [-0.1, -0.05) is 133 Å². The van der Waals surface area contributed by atoms with E-state index in [1.165, 1.54) is 54.9 Å². The highest BCUT2D eigenvalue weighted by molar-refractivity contribution is 6.21. The zero-order valence-electron chi connectivity index (χ0n) is 24.9. The van der Waals surface area contributed by atoms with Crippen molar-refractivity contribution in [2.75, 3.05) is 0 Å². The molecule has 1 unspecified atom stereocenters. The van der Waals surface area contributed by atoms with Gasteiger partial charge in [0.15, 0.2) is 0 Å². The molecule has 2 aromatic heterocycles. The van der Waals surface area contributed by atoms with E-state index < -0.39 is 5.41 Å². The number of hydrogen-bond acceptors (Lipinski definition) is 2. The second-order valence-electron chi connectivity index (χ2n) is 12.3. The van der Waals surface area contributed by atoms with E-state index in [2.05, 4.69) is 152 Å². The van der Waals surface area contributed by atoms with E-state index in [0.29, 0.717) is 5.71 Å². The third-order valence-corrected chi connectivity index (χ3v) is 9.98. The van der Waals surface area contributed by atoms with E-state index in [9.17, 15) is 0 Å². The van der Waals surface area contributed by atoms with Crippen LogP contribution in [-0.4, -0.2) is 4.98 Å². The monoisotopic (exact) mass is 585 g/mol. The van der Waals surface area contributed by atoms with Crippen molar-refractivity contribution in [2.24, 2.45) is 0 Å².